The molecule has 1 aromatic carbocycles. The second kappa shape index (κ2) is 6.90. The predicted octanol–water partition coefficient (Wildman–Crippen LogP) is 1.82. The molecule has 1 unspecified atom stereocenters. The molecule has 0 fully saturated rings. The summed E-state index contributed by atoms with van der Waals surface area (Å²) in [5.41, 5.74) is 5.18. The van der Waals surface area contributed by atoms with Gasteiger partial charge < -0.3 is 20.5 Å². The minimum absolute atomic E-state index is 0.156. The van der Waals surface area contributed by atoms with E-state index in [0.29, 0.717) is 23.4 Å². The van der Waals surface area contributed by atoms with Crippen LogP contribution >= 0.6 is 0 Å². The molecule has 1 atom stereocenters. The molecule has 0 saturated carbocycles. The second-order valence-electron chi connectivity index (χ2n) is 6.59. The van der Waals surface area contributed by atoms with E-state index in [4.69, 9.17) is 15.2 Å². The highest BCUT2D eigenvalue weighted by atomic mass is 16.5. The van der Waals surface area contributed by atoms with Crippen molar-refractivity contribution in [2.45, 2.75) is 39.0 Å². The fourth-order valence-corrected chi connectivity index (χ4v) is 3.73. The lowest BCUT2D eigenvalue weighted by molar-refractivity contribution is -0.141. The number of rotatable bonds is 5. The van der Waals surface area contributed by atoms with Gasteiger partial charge in [0.1, 0.15) is 16.7 Å². The number of carbonyl (C=O) groups is 3. The van der Waals surface area contributed by atoms with Gasteiger partial charge in [0, 0.05) is 16.8 Å². The van der Waals surface area contributed by atoms with Crippen molar-refractivity contribution in [3.05, 3.63) is 52.6 Å². The van der Waals surface area contributed by atoms with Gasteiger partial charge in [0.2, 0.25) is 11.8 Å². The number of nitrogens with one attached hydrogen (secondary N) is 1. The van der Waals surface area contributed by atoms with Crippen molar-refractivity contribution in [3.8, 4) is 5.75 Å². The van der Waals surface area contributed by atoms with Crippen LogP contribution in [0.15, 0.2) is 47.0 Å². The first-order valence-corrected chi connectivity index (χ1v) is 8.84. The fraction of sp³-hybridized carbons (Fsp3) is 0.350. The first-order valence-electron chi connectivity index (χ1n) is 8.84. The van der Waals surface area contributed by atoms with Gasteiger partial charge in [-0.3, -0.25) is 9.59 Å². The minimum Gasteiger partial charge on any atom is -0.462 e. The SMILES string of the molecule is CCCCOC(=O)C1=C(N)Oc2ccccc2C12C(=O)NC(C)=C2C(C)=O. The van der Waals surface area contributed by atoms with Crippen LogP contribution in [0.25, 0.3) is 0 Å². The van der Waals surface area contributed by atoms with Crippen LogP contribution in [0.5, 0.6) is 5.75 Å². The Balaban J connectivity index is 2.27. The maximum absolute atomic E-state index is 13.2. The summed E-state index contributed by atoms with van der Waals surface area (Å²) in [7, 11) is 0. The number of para-hydroxylation sites is 1. The number of fused-ring (bicyclic) bond motifs is 2. The van der Waals surface area contributed by atoms with E-state index in [-0.39, 0.29) is 29.4 Å². The fourth-order valence-electron chi connectivity index (χ4n) is 3.73. The molecule has 2 aliphatic heterocycles. The van der Waals surface area contributed by atoms with E-state index in [9.17, 15) is 14.4 Å². The Morgan fingerprint density at radius 3 is 2.63 bits per heavy atom. The number of hydrogen-bond acceptors (Lipinski definition) is 6. The summed E-state index contributed by atoms with van der Waals surface area (Å²) < 4.78 is 10.9. The highest BCUT2D eigenvalue weighted by molar-refractivity contribution is 6.18. The van der Waals surface area contributed by atoms with E-state index in [1.807, 2.05) is 6.92 Å². The monoisotopic (exact) mass is 370 g/mol. The zero-order valence-electron chi connectivity index (χ0n) is 15.5. The van der Waals surface area contributed by atoms with Gasteiger partial charge in [0.25, 0.3) is 0 Å². The van der Waals surface area contributed by atoms with Crippen molar-refractivity contribution in [1.29, 1.82) is 0 Å². The summed E-state index contributed by atoms with van der Waals surface area (Å²) in [4.78, 5) is 38.6. The van der Waals surface area contributed by atoms with Gasteiger partial charge in [-0.1, -0.05) is 31.5 Å². The lowest BCUT2D eigenvalue weighted by atomic mass is 9.66. The molecule has 2 heterocycles. The average Bonchev–Trinajstić information content (AvgIpc) is 2.86. The molecule has 1 amide bonds. The number of allylic oxidation sites excluding steroid dienone is 1. The molecule has 1 spiro atoms. The summed E-state index contributed by atoms with van der Waals surface area (Å²) >= 11 is 0. The Morgan fingerprint density at radius 1 is 1.26 bits per heavy atom. The molecule has 0 aliphatic carbocycles. The third-order valence-corrected chi connectivity index (χ3v) is 4.81. The zero-order chi connectivity index (χ0) is 19.8. The Morgan fingerprint density at radius 2 is 1.96 bits per heavy atom. The van der Waals surface area contributed by atoms with Gasteiger partial charge in [-0.2, -0.15) is 0 Å². The molecule has 3 rings (SSSR count). The van der Waals surface area contributed by atoms with E-state index in [2.05, 4.69) is 5.32 Å². The van der Waals surface area contributed by atoms with E-state index >= 15 is 0 Å². The molecular weight excluding hydrogens is 348 g/mol. The molecule has 142 valence electrons. The summed E-state index contributed by atoms with van der Waals surface area (Å²) in [5, 5.41) is 2.69. The number of benzene rings is 1. The Bertz CT molecular complexity index is 899. The standard InChI is InChI=1S/C20H22N2O5/c1-4-5-10-26-18(24)16-17(21)27-14-9-7-6-8-13(14)20(16)15(12(3)23)11(2)22-19(20)25/h6-9H,4-5,10,21H2,1-3H3,(H,22,25). The third kappa shape index (κ3) is 2.70. The molecule has 7 nitrogen and oxygen atoms in total. The zero-order valence-corrected chi connectivity index (χ0v) is 15.5. The molecule has 7 heteroatoms. The number of Topliss-reactive ketones (excluding diaryl/α,β-unsaturated/α-hetero) is 1. The van der Waals surface area contributed by atoms with Gasteiger partial charge in [-0.05, 0) is 26.3 Å². The van der Waals surface area contributed by atoms with Gasteiger partial charge in [-0.15, -0.1) is 0 Å². The summed E-state index contributed by atoms with van der Waals surface area (Å²) in [6.45, 7) is 5.13. The van der Waals surface area contributed by atoms with Gasteiger partial charge in [0.05, 0.1) is 6.61 Å². The number of carbonyl (C=O) groups excluding carboxylic acids is 3. The molecule has 0 bridgehead atoms. The van der Waals surface area contributed by atoms with Crippen molar-refractivity contribution in [3.63, 3.8) is 0 Å². The lowest BCUT2D eigenvalue weighted by Gasteiger charge is -2.36. The maximum Gasteiger partial charge on any atom is 0.341 e. The van der Waals surface area contributed by atoms with Crippen LogP contribution in [0.3, 0.4) is 0 Å². The number of ether oxygens (including phenoxy) is 2. The van der Waals surface area contributed by atoms with Crippen molar-refractivity contribution in [2.75, 3.05) is 6.61 Å². The van der Waals surface area contributed by atoms with E-state index in [1.165, 1.54) is 6.92 Å². The molecular formula is C20H22N2O5. The molecule has 0 radical (unpaired) electrons. The highest BCUT2D eigenvalue weighted by Crippen LogP contribution is 2.51. The van der Waals surface area contributed by atoms with Crippen LogP contribution in [0, 0.1) is 0 Å². The number of amides is 1. The Hall–Kier alpha value is -3.09. The van der Waals surface area contributed by atoms with Crippen LogP contribution in [-0.2, 0) is 24.5 Å². The predicted molar refractivity (Wildman–Crippen MR) is 97.4 cm³/mol. The van der Waals surface area contributed by atoms with Crippen LogP contribution in [-0.4, -0.2) is 24.3 Å². The molecule has 3 N–H and O–H groups in total. The van der Waals surface area contributed by atoms with Crippen molar-refractivity contribution >= 4 is 17.7 Å². The maximum atomic E-state index is 13.2. The summed E-state index contributed by atoms with van der Waals surface area (Å²) in [6, 6.07) is 6.73. The largest absolute Gasteiger partial charge is 0.462 e. The number of ketones is 1. The number of unbranched alkanes of at least 4 members (excludes halogenated alkanes) is 1. The van der Waals surface area contributed by atoms with Gasteiger partial charge in [0.15, 0.2) is 5.78 Å². The topological polar surface area (TPSA) is 108 Å². The first kappa shape index (κ1) is 18.7. The first-order chi connectivity index (χ1) is 12.9. The van der Waals surface area contributed by atoms with Crippen LogP contribution in [0.2, 0.25) is 0 Å². The van der Waals surface area contributed by atoms with Crippen LogP contribution < -0.4 is 15.8 Å². The van der Waals surface area contributed by atoms with Gasteiger partial charge >= 0.3 is 5.97 Å². The number of nitrogens with two attached hydrogens (primary N) is 1. The lowest BCUT2D eigenvalue weighted by Crippen LogP contribution is -2.48. The van der Waals surface area contributed by atoms with E-state index in [0.717, 1.165) is 6.42 Å². The highest BCUT2D eigenvalue weighted by Gasteiger charge is 2.60. The number of hydrogen-bond donors (Lipinski definition) is 2. The molecule has 27 heavy (non-hydrogen) atoms. The summed E-state index contributed by atoms with van der Waals surface area (Å²) in [5.74, 6) is -1.54. The molecule has 1 aromatic rings. The molecule has 0 aromatic heterocycles. The van der Waals surface area contributed by atoms with Crippen molar-refractivity contribution in [1.82, 2.24) is 5.32 Å². The average molecular weight is 370 g/mol. The van der Waals surface area contributed by atoms with Gasteiger partial charge in [-0.25, -0.2) is 4.79 Å². The number of esters is 1. The minimum atomic E-state index is -1.68. The van der Waals surface area contributed by atoms with Crippen LogP contribution in [0.1, 0.15) is 39.2 Å². The normalized spacial score (nSPS) is 21.1. The van der Waals surface area contributed by atoms with E-state index in [1.54, 1.807) is 31.2 Å². The molecule has 2 aliphatic rings. The van der Waals surface area contributed by atoms with Crippen LogP contribution in [0.4, 0.5) is 0 Å². The quantitative estimate of drug-likeness (QED) is 0.605. The van der Waals surface area contributed by atoms with E-state index < -0.39 is 17.3 Å². The van der Waals surface area contributed by atoms with Crippen molar-refractivity contribution in [2.24, 2.45) is 5.73 Å². The Labute approximate surface area is 157 Å². The third-order valence-electron chi connectivity index (χ3n) is 4.81. The Kier molecular flexibility index (Phi) is 4.78. The smallest absolute Gasteiger partial charge is 0.341 e. The second-order valence-corrected chi connectivity index (χ2v) is 6.59. The molecule has 0 saturated heterocycles. The summed E-state index contributed by atoms with van der Waals surface area (Å²) in [6.07, 6.45) is 1.51. The van der Waals surface area contributed by atoms with Crippen molar-refractivity contribution < 1.29 is 23.9 Å².